The molecule has 4 rings (SSSR count). The van der Waals surface area contributed by atoms with Crippen LogP contribution in [0.2, 0.25) is 0 Å². The van der Waals surface area contributed by atoms with Crippen molar-refractivity contribution in [1.82, 2.24) is 10.2 Å². The number of ether oxygens (including phenoxy) is 1. The van der Waals surface area contributed by atoms with Gasteiger partial charge in [0, 0.05) is 25.2 Å². The predicted octanol–water partition coefficient (Wildman–Crippen LogP) is 3.95. The number of carbonyl (C=O) groups excluding carboxylic acids is 1. The Kier molecular flexibility index (Phi) is 5.70. The maximum absolute atomic E-state index is 12.7. The van der Waals surface area contributed by atoms with Crippen molar-refractivity contribution in [2.45, 2.75) is 13.0 Å². The molecule has 144 valence electrons. The van der Waals surface area contributed by atoms with Crippen LogP contribution in [0.1, 0.15) is 27.5 Å². The van der Waals surface area contributed by atoms with E-state index in [0.717, 1.165) is 31.9 Å². The predicted molar refractivity (Wildman–Crippen MR) is 113 cm³/mol. The second-order valence-corrected chi connectivity index (χ2v) is 7.31. The average molecular weight is 374 g/mol. The summed E-state index contributed by atoms with van der Waals surface area (Å²) >= 11 is 0. The van der Waals surface area contributed by atoms with Crippen molar-refractivity contribution in [2.75, 3.05) is 32.8 Å². The second kappa shape index (κ2) is 8.55. The van der Waals surface area contributed by atoms with Gasteiger partial charge in [-0.1, -0.05) is 60.2 Å². The molecule has 1 amide bonds. The number of morpholine rings is 1. The number of aryl methyl sites for hydroxylation is 1. The third kappa shape index (κ3) is 4.08. The van der Waals surface area contributed by atoms with E-state index in [9.17, 15) is 4.79 Å². The molecule has 3 aromatic rings. The highest BCUT2D eigenvalue weighted by molar-refractivity contribution is 5.94. The van der Waals surface area contributed by atoms with Gasteiger partial charge in [0.25, 0.3) is 5.91 Å². The molecule has 4 heteroatoms. The summed E-state index contributed by atoms with van der Waals surface area (Å²) in [5, 5.41) is 5.62. The van der Waals surface area contributed by atoms with Crippen molar-refractivity contribution in [1.29, 1.82) is 0 Å². The third-order valence-electron chi connectivity index (χ3n) is 5.44. The van der Waals surface area contributed by atoms with E-state index in [2.05, 4.69) is 52.7 Å². The van der Waals surface area contributed by atoms with Gasteiger partial charge < -0.3 is 10.1 Å². The van der Waals surface area contributed by atoms with Gasteiger partial charge in [-0.25, -0.2) is 0 Å². The lowest BCUT2D eigenvalue weighted by atomic mass is 9.97. The quantitative estimate of drug-likeness (QED) is 0.735. The molecule has 0 spiro atoms. The van der Waals surface area contributed by atoms with E-state index < -0.39 is 0 Å². The number of hydrogen-bond donors (Lipinski definition) is 1. The largest absolute Gasteiger partial charge is 0.379 e. The lowest BCUT2D eigenvalue weighted by Gasteiger charge is -2.35. The molecule has 1 saturated heterocycles. The summed E-state index contributed by atoms with van der Waals surface area (Å²) in [4.78, 5) is 15.1. The highest BCUT2D eigenvalue weighted by Crippen LogP contribution is 2.28. The Hall–Kier alpha value is -2.69. The molecule has 1 atom stereocenters. The molecule has 0 aliphatic carbocycles. The number of rotatable bonds is 5. The molecular weight excluding hydrogens is 348 g/mol. The van der Waals surface area contributed by atoms with Crippen LogP contribution in [0.5, 0.6) is 0 Å². The number of carbonyl (C=O) groups is 1. The van der Waals surface area contributed by atoms with Crippen LogP contribution in [0, 0.1) is 6.92 Å². The lowest BCUT2D eigenvalue weighted by Crippen LogP contribution is -2.43. The summed E-state index contributed by atoms with van der Waals surface area (Å²) in [5.74, 6) is -0.0292. The van der Waals surface area contributed by atoms with E-state index in [4.69, 9.17) is 4.74 Å². The normalized spacial score (nSPS) is 16.0. The molecule has 0 bridgehead atoms. The topological polar surface area (TPSA) is 41.6 Å². The minimum atomic E-state index is -0.0292. The molecule has 0 unspecified atom stereocenters. The second-order valence-electron chi connectivity index (χ2n) is 7.31. The first-order chi connectivity index (χ1) is 13.7. The van der Waals surface area contributed by atoms with Gasteiger partial charge in [-0.3, -0.25) is 9.69 Å². The first-order valence-corrected chi connectivity index (χ1v) is 9.87. The van der Waals surface area contributed by atoms with Gasteiger partial charge in [-0.2, -0.15) is 0 Å². The fraction of sp³-hybridized carbons (Fsp3) is 0.292. The van der Waals surface area contributed by atoms with E-state index in [1.165, 1.54) is 16.3 Å². The molecule has 1 aliphatic rings. The molecule has 4 nitrogen and oxygen atoms in total. The minimum Gasteiger partial charge on any atom is -0.379 e. The van der Waals surface area contributed by atoms with Crippen LogP contribution in [0.4, 0.5) is 0 Å². The molecule has 0 saturated carbocycles. The molecule has 1 aliphatic heterocycles. The Balaban J connectivity index is 1.60. The van der Waals surface area contributed by atoms with Crippen molar-refractivity contribution < 1.29 is 9.53 Å². The number of nitrogens with zero attached hydrogens (tertiary/aromatic N) is 1. The van der Waals surface area contributed by atoms with Gasteiger partial charge in [0.05, 0.1) is 19.3 Å². The van der Waals surface area contributed by atoms with Crippen LogP contribution in [0.3, 0.4) is 0 Å². The average Bonchev–Trinajstić information content (AvgIpc) is 2.75. The Morgan fingerprint density at radius 3 is 2.50 bits per heavy atom. The zero-order valence-corrected chi connectivity index (χ0v) is 16.2. The summed E-state index contributed by atoms with van der Waals surface area (Å²) in [7, 11) is 0. The van der Waals surface area contributed by atoms with Gasteiger partial charge >= 0.3 is 0 Å². The summed E-state index contributed by atoms with van der Waals surface area (Å²) < 4.78 is 5.55. The van der Waals surface area contributed by atoms with Crippen LogP contribution < -0.4 is 5.32 Å². The lowest BCUT2D eigenvalue weighted by molar-refractivity contribution is 0.0165. The zero-order chi connectivity index (χ0) is 19.3. The number of nitrogens with one attached hydrogen (secondary N) is 1. The van der Waals surface area contributed by atoms with Crippen molar-refractivity contribution in [3.8, 4) is 0 Å². The van der Waals surface area contributed by atoms with Crippen LogP contribution in [-0.2, 0) is 4.74 Å². The first-order valence-electron chi connectivity index (χ1n) is 9.87. The first kappa shape index (κ1) is 18.7. The summed E-state index contributed by atoms with van der Waals surface area (Å²) in [5.41, 5.74) is 3.10. The number of fused-ring (bicyclic) bond motifs is 1. The summed E-state index contributed by atoms with van der Waals surface area (Å²) in [6.07, 6.45) is 0. The molecule has 3 aromatic carbocycles. The van der Waals surface area contributed by atoms with E-state index in [1.54, 1.807) is 0 Å². The minimum absolute atomic E-state index is 0.0292. The Bertz CT molecular complexity index is 941. The standard InChI is InChI=1S/C24H26N2O2/c1-18-9-11-20(12-10-18)24(27)25-17-23(26-13-15-28-16-14-26)22-8-4-6-19-5-2-3-7-21(19)22/h2-12,23H,13-17H2,1H3,(H,25,27)/t23-/m0/s1. The molecule has 0 aromatic heterocycles. The molecule has 1 N–H and O–H groups in total. The maximum Gasteiger partial charge on any atom is 0.251 e. The van der Waals surface area contributed by atoms with Gasteiger partial charge in [-0.05, 0) is 35.4 Å². The van der Waals surface area contributed by atoms with Crippen molar-refractivity contribution in [3.05, 3.63) is 83.4 Å². The molecule has 28 heavy (non-hydrogen) atoms. The summed E-state index contributed by atoms with van der Waals surface area (Å²) in [6.45, 7) is 5.79. The number of amides is 1. The molecular formula is C24H26N2O2. The number of benzene rings is 3. The highest BCUT2D eigenvalue weighted by Gasteiger charge is 2.24. The van der Waals surface area contributed by atoms with Crippen LogP contribution in [0.15, 0.2) is 66.7 Å². The summed E-state index contributed by atoms with van der Waals surface area (Å²) in [6, 6.07) is 22.7. The Morgan fingerprint density at radius 2 is 1.71 bits per heavy atom. The van der Waals surface area contributed by atoms with E-state index in [1.807, 2.05) is 31.2 Å². The fourth-order valence-corrected chi connectivity index (χ4v) is 3.86. The zero-order valence-electron chi connectivity index (χ0n) is 16.2. The molecule has 1 fully saturated rings. The Labute approximate surface area is 166 Å². The SMILES string of the molecule is Cc1ccc(C(=O)NC[C@@H](c2cccc3ccccc23)N2CCOCC2)cc1. The van der Waals surface area contributed by atoms with Gasteiger partial charge in [-0.15, -0.1) is 0 Å². The van der Waals surface area contributed by atoms with Crippen molar-refractivity contribution in [2.24, 2.45) is 0 Å². The highest BCUT2D eigenvalue weighted by atomic mass is 16.5. The van der Waals surface area contributed by atoms with Crippen LogP contribution in [0.25, 0.3) is 10.8 Å². The van der Waals surface area contributed by atoms with Gasteiger partial charge in [0.2, 0.25) is 0 Å². The van der Waals surface area contributed by atoms with Gasteiger partial charge in [0.15, 0.2) is 0 Å². The fourth-order valence-electron chi connectivity index (χ4n) is 3.86. The smallest absolute Gasteiger partial charge is 0.251 e. The number of hydrogen-bond acceptors (Lipinski definition) is 3. The third-order valence-corrected chi connectivity index (χ3v) is 5.44. The van der Waals surface area contributed by atoms with E-state index in [0.29, 0.717) is 12.1 Å². The maximum atomic E-state index is 12.7. The van der Waals surface area contributed by atoms with Crippen molar-refractivity contribution >= 4 is 16.7 Å². The van der Waals surface area contributed by atoms with Gasteiger partial charge in [0.1, 0.15) is 0 Å². The van der Waals surface area contributed by atoms with Crippen LogP contribution in [-0.4, -0.2) is 43.7 Å². The monoisotopic (exact) mass is 374 g/mol. The van der Waals surface area contributed by atoms with Crippen molar-refractivity contribution in [3.63, 3.8) is 0 Å². The molecule has 1 heterocycles. The van der Waals surface area contributed by atoms with E-state index >= 15 is 0 Å². The molecule has 0 radical (unpaired) electrons. The van der Waals surface area contributed by atoms with Crippen LogP contribution >= 0.6 is 0 Å². The van der Waals surface area contributed by atoms with E-state index in [-0.39, 0.29) is 11.9 Å². The Morgan fingerprint density at radius 1 is 1.00 bits per heavy atom.